The number of rotatable bonds is 4. The van der Waals surface area contributed by atoms with Crippen molar-refractivity contribution in [2.45, 2.75) is 56.9 Å². The molecule has 6 nitrogen and oxygen atoms in total. The Labute approximate surface area is 174 Å². The molecule has 1 aromatic carbocycles. The van der Waals surface area contributed by atoms with Gasteiger partial charge in [0.1, 0.15) is 5.69 Å². The van der Waals surface area contributed by atoms with E-state index >= 15 is 0 Å². The Morgan fingerprint density at radius 3 is 2.70 bits per heavy atom. The standard InChI is InChI=1S/C21H24F2N4O2S/c1-12-7-9-27(12)20-25-18(16-6-8-21(22,23)19(16)26-20)14-4-2-13-3-5-15(17(13)10-14)11-30(24,28)29/h2,4,10,12,15H,3,5-9,11H2,1H3,(H2,24,28,29)/t12-,15+/m0/s1. The van der Waals surface area contributed by atoms with E-state index in [-0.39, 0.29) is 36.2 Å². The number of halogens is 2. The minimum absolute atomic E-state index is 0.111. The third-order valence-electron chi connectivity index (χ3n) is 6.66. The highest BCUT2D eigenvalue weighted by Crippen LogP contribution is 2.45. The van der Waals surface area contributed by atoms with Gasteiger partial charge in [0.05, 0.1) is 11.4 Å². The number of alkyl halides is 2. The van der Waals surface area contributed by atoms with Crippen molar-refractivity contribution in [3.8, 4) is 11.3 Å². The quantitative estimate of drug-likeness (QED) is 0.799. The van der Waals surface area contributed by atoms with E-state index in [1.54, 1.807) is 0 Å². The molecule has 160 valence electrons. The van der Waals surface area contributed by atoms with Crippen LogP contribution in [-0.4, -0.2) is 36.7 Å². The first-order valence-electron chi connectivity index (χ1n) is 10.3. The zero-order valence-electron chi connectivity index (χ0n) is 16.7. The maximum atomic E-state index is 14.6. The number of primary sulfonamides is 1. The van der Waals surface area contributed by atoms with E-state index < -0.39 is 15.9 Å². The summed E-state index contributed by atoms with van der Waals surface area (Å²) in [4.78, 5) is 10.9. The second kappa shape index (κ2) is 6.68. The van der Waals surface area contributed by atoms with Crippen LogP contribution in [0.3, 0.4) is 0 Å². The molecule has 2 aliphatic carbocycles. The highest BCUT2D eigenvalue weighted by atomic mass is 32.2. The van der Waals surface area contributed by atoms with Crippen LogP contribution >= 0.6 is 0 Å². The Balaban J connectivity index is 1.62. The highest BCUT2D eigenvalue weighted by molar-refractivity contribution is 7.89. The summed E-state index contributed by atoms with van der Waals surface area (Å²) in [6.45, 7) is 2.79. The van der Waals surface area contributed by atoms with Gasteiger partial charge in [-0.1, -0.05) is 12.1 Å². The molecule has 30 heavy (non-hydrogen) atoms. The summed E-state index contributed by atoms with van der Waals surface area (Å²) in [6, 6.07) is 6.01. The zero-order valence-corrected chi connectivity index (χ0v) is 17.6. The van der Waals surface area contributed by atoms with Crippen LogP contribution in [0.4, 0.5) is 14.7 Å². The molecule has 1 saturated heterocycles. The van der Waals surface area contributed by atoms with Crippen molar-refractivity contribution in [2.75, 3.05) is 17.2 Å². The van der Waals surface area contributed by atoms with Crippen molar-refractivity contribution in [1.29, 1.82) is 0 Å². The lowest BCUT2D eigenvalue weighted by Crippen LogP contribution is -2.47. The molecule has 9 heteroatoms. The predicted octanol–water partition coefficient (Wildman–Crippen LogP) is 3.10. The van der Waals surface area contributed by atoms with Crippen LogP contribution in [0.2, 0.25) is 0 Å². The van der Waals surface area contributed by atoms with Gasteiger partial charge >= 0.3 is 0 Å². The molecule has 2 aromatic rings. The minimum atomic E-state index is -3.60. The molecule has 0 bridgehead atoms. The number of benzene rings is 1. The number of nitrogens with zero attached hydrogens (tertiary/aromatic N) is 3. The van der Waals surface area contributed by atoms with Crippen LogP contribution in [0, 0.1) is 0 Å². The third-order valence-corrected chi connectivity index (χ3v) is 7.53. The summed E-state index contributed by atoms with van der Waals surface area (Å²) in [5, 5.41) is 5.28. The van der Waals surface area contributed by atoms with E-state index in [1.165, 1.54) is 0 Å². The molecule has 0 unspecified atom stereocenters. The fourth-order valence-corrected chi connectivity index (χ4v) is 5.79. The average molecular weight is 435 g/mol. The molecule has 0 saturated carbocycles. The van der Waals surface area contributed by atoms with Gasteiger partial charge < -0.3 is 4.90 Å². The van der Waals surface area contributed by atoms with E-state index in [0.29, 0.717) is 23.6 Å². The van der Waals surface area contributed by atoms with Gasteiger partial charge in [0, 0.05) is 30.1 Å². The maximum absolute atomic E-state index is 14.6. The number of nitrogens with two attached hydrogens (primary N) is 1. The van der Waals surface area contributed by atoms with Crippen LogP contribution in [0.5, 0.6) is 0 Å². The lowest BCUT2D eigenvalue weighted by Gasteiger charge is -2.39. The Hall–Kier alpha value is -2.13. The molecule has 0 amide bonds. The number of fused-ring (bicyclic) bond motifs is 2. The Bertz CT molecular complexity index is 1140. The summed E-state index contributed by atoms with van der Waals surface area (Å²) in [6.07, 6.45) is 2.45. The molecule has 3 aliphatic rings. The lowest BCUT2D eigenvalue weighted by molar-refractivity contribution is -0.00595. The van der Waals surface area contributed by atoms with Crippen molar-refractivity contribution in [1.82, 2.24) is 9.97 Å². The largest absolute Gasteiger partial charge is 0.338 e. The number of aromatic nitrogens is 2. The van der Waals surface area contributed by atoms with Gasteiger partial charge in [-0.2, -0.15) is 8.78 Å². The maximum Gasteiger partial charge on any atom is 0.290 e. The molecule has 1 aromatic heterocycles. The van der Waals surface area contributed by atoms with Gasteiger partial charge in [0.2, 0.25) is 16.0 Å². The summed E-state index contributed by atoms with van der Waals surface area (Å²) < 4.78 is 52.4. The topological polar surface area (TPSA) is 89.2 Å². The van der Waals surface area contributed by atoms with E-state index in [2.05, 4.69) is 4.98 Å². The number of anilines is 1. The van der Waals surface area contributed by atoms with Crippen molar-refractivity contribution >= 4 is 16.0 Å². The van der Waals surface area contributed by atoms with Gasteiger partial charge in [-0.25, -0.2) is 23.5 Å². The molecule has 2 N–H and O–H groups in total. The zero-order chi connectivity index (χ0) is 21.3. The number of sulfonamides is 1. The smallest absolute Gasteiger partial charge is 0.290 e. The molecule has 0 radical (unpaired) electrons. The lowest BCUT2D eigenvalue weighted by atomic mass is 9.97. The second-order valence-corrected chi connectivity index (χ2v) is 10.4. The molecule has 0 spiro atoms. The monoisotopic (exact) mass is 434 g/mol. The summed E-state index contributed by atoms with van der Waals surface area (Å²) >= 11 is 0. The van der Waals surface area contributed by atoms with E-state index in [0.717, 1.165) is 36.1 Å². The van der Waals surface area contributed by atoms with E-state index in [4.69, 9.17) is 10.1 Å². The Morgan fingerprint density at radius 1 is 1.23 bits per heavy atom. The molecule has 2 heterocycles. The molecule has 2 atom stereocenters. The van der Waals surface area contributed by atoms with Crippen LogP contribution < -0.4 is 10.0 Å². The first-order valence-corrected chi connectivity index (χ1v) is 12.0. The fourth-order valence-electron chi connectivity index (χ4n) is 4.88. The van der Waals surface area contributed by atoms with Gasteiger partial charge in [0.15, 0.2) is 0 Å². The van der Waals surface area contributed by atoms with E-state index in [1.807, 2.05) is 30.0 Å². The normalized spacial score (nSPS) is 24.5. The summed E-state index contributed by atoms with van der Waals surface area (Å²) in [7, 11) is -3.60. The minimum Gasteiger partial charge on any atom is -0.338 e. The molecule has 1 aliphatic heterocycles. The molecular weight excluding hydrogens is 410 g/mol. The molecule has 5 rings (SSSR count). The SMILES string of the molecule is C[C@H]1CCN1c1nc(-c2ccc3c(c2)[C@@H](CS(N)(=O)=O)CC3)c2c(n1)C(F)(F)CC2. The molecular formula is C21H24F2N4O2S. The second-order valence-electron chi connectivity index (χ2n) is 8.71. The first-order chi connectivity index (χ1) is 14.1. The number of hydrogen-bond acceptors (Lipinski definition) is 5. The van der Waals surface area contributed by atoms with Crippen molar-refractivity contribution in [3.05, 3.63) is 40.6 Å². The number of aryl methyl sites for hydroxylation is 1. The Kier molecular flexibility index (Phi) is 4.41. The molecule has 1 fully saturated rings. The summed E-state index contributed by atoms with van der Waals surface area (Å²) in [5.41, 5.74) is 3.62. The Morgan fingerprint density at radius 2 is 2.03 bits per heavy atom. The van der Waals surface area contributed by atoms with E-state index in [9.17, 15) is 17.2 Å². The van der Waals surface area contributed by atoms with Crippen molar-refractivity contribution < 1.29 is 17.2 Å². The van der Waals surface area contributed by atoms with Gasteiger partial charge in [-0.05, 0) is 55.7 Å². The predicted molar refractivity (Wildman–Crippen MR) is 110 cm³/mol. The summed E-state index contributed by atoms with van der Waals surface area (Å²) in [5.74, 6) is -2.89. The average Bonchev–Trinajstić information content (AvgIpc) is 3.19. The van der Waals surface area contributed by atoms with Crippen molar-refractivity contribution in [2.24, 2.45) is 5.14 Å². The van der Waals surface area contributed by atoms with Crippen LogP contribution in [-0.2, 0) is 28.8 Å². The van der Waals surface area contributed by atoms with Crippen LogP contribution in [0.1, 0.15) is 54.5 Å². The van der Waals surface area contributed by atoms with Gasteiger partial charge in [-0.3, -0.25) is 0 Å². The van der Waals surface area contributed by atoms with Crippen molar-refractivity contribution in [3.63, 3.8) is 0 Å². The fraction of sp³-hybridized carbons (Fsp3) is 0.524. The highest BCUT2D eigenvalue weighted by Gasteiger charge is 2.44. The first kappa shape index (κ1) is 19.8. The number of hydrogen-bond donors (Lipinski definition) is 1. The van der Waals surface area contributed by atoms with Gasteiger partial charge in [0.25, 0.3) is 5.92 Å². The van der Waals surface area contributed by atoms with Gasteiger partial charge in [-0.15, -0.1) is 0 Å². The van der Waals surface area contributed by atoms with Crippen LogP contribution in [0.15, 0.2) is 18.2 Å². The third kappa shape index (κ3) is 3.28. The van der Waals surface area contributed by atoms with Crippen LogP contribution in [0.25, 0.3) is 11.3 Å².